The average Bonchev–Trinajstić information content (AvgIpc) is 3.69. The van der Waals surface area contributed by atoms with Gasteiger partial charge in [0.15, 0.2) is 9.84 Å². The highest BCUT2D eigenvalue weighted by Gasteiger charge is 2.70. The molecule has 1 aromatic carbocycles. The number of carbonyl (C=O) groups is 2. The van der Waals surface area contributed by atoms with E-state index in [0.717, 1.165) is 0 Å². The third kappa shape index (κ3) is 4.23. The number of aromatic nitrogens is 3. The van der Waals surface area contributed by atoms with Crippen LogP contribution >= 0.6 is 11.6 Å². The van der Waals surface area contributed by atoms with Gasteiger partial charge in [-0.2, -0.15) is 23.5 Å². The Hall–Kier alpha value is -3.18. The smallest absolute Gasteiger partial charge is 0.336 e. The molecule has 3 aliphatic rings. The van der Waals surface area contributed by atoms with Gasteiger partial charge in [0, 0.05) is 6.54 Å². The Labute approximate surface area is 214 Å². The van der Waals surface area contributed by atoms with Crippen LogP contribution in [0.4, 0.5) is 13.2 Å². The van der Waals surface area contributed by atoms with E-state index >= 15 is 0 Å². The first-order valence-electron chi connectivity index (χ1n) is 11.3. The number of amides is 2. The van der Waals surface area contributed by atoms with Gasteiger partial charge in [0.1, 0.15) is 29.7 Å². The molecule has 2 aromatic rings. The number of hydrogen-bond acceptors (Lipinski definition) is 7. The molecule has 2 amide bonds. The lowest BCUT2D eigenvalue weighted by Crippen LogP contribution is -2.53. The van der Waals surface area contributed by atoms with E-state index < -0.39 is 75.9 Å². The molecule has 5 rings (SSSR count). The fourth-order valence-corrected chi connectivity index (χ4v) is 6.84. The van der Waals surface area contributed by atoms with E-state index in [1.807, 2.05) is 6.07 Å². The van der Waals surface area contributed by atoms with E-state index in [9.17, 15) is 36.4 Å². The molecule has 2 saturated carbocycles. The Bertz CT molecular complexity index is 1410. The van der Waals surface area contributed by atoms with Gasteiger partial charge in [0.25, 0.3) is 0 Å². The molecule has 0 bridgehead atoms. The summed E-state index contributed by atoms with van der Waals surface area (Å²) in [6.45, 7) is -0.613. The maximum atomic E-state index is 13.7. The van der Waals surface area contributed by atoms with Crippen LogP contribution < -0.4 is 5.32 Å². The maximum absolute atomic E-state index is 13.7. The van der Waals surface area contributed by atoms with Crippen molar-refractivity contribution in [3.05, 3.63) is 35.9 Å². The van der Waals surface area contributed by atoms with Crippen molar-refractivity contribution in [3.8, 4) is 11.8 Å². The number of carbonyl (C=O) groups excluding carboxylic acids is 2. The molecule has 2 aliphatic carbocycles. The topological polar surface area (TPSA) is 138 Å². The number of benzene rings is 1. The summed E-state index contributed by atoms with van der Waals surface area (Å²) in [6, 6.07) is 4.48. The van der Waals surface area contributed by atoms with Gasteiger partial charge >= 0.3 is 6.18 Å². The molecule has 0 radical (unpaired) electrons. The maximum Gasteiger partial charge on any atom is 0.403 e. The van der Waals surface area contributed by atoms with Crippen LogP contribution in [0.1, 0.15) is 32.1 Å². The summed E-state index contributed by atoms with van der Waals surface area (Å²) >= 11 is 6.28. The van der Waals surface area contributed by atoms with E-state index in [2.05, 4.69) is 15.4 Å². The van der Waals surface area contributed by atoms with Crippen LogP contribution in [-0.2, 0) is 19.4 Å². The van der Waals surface area contributed by atoms with Crippen molar-refractivity contribution in [3.63, 3.8) is 0 Å². The first kappa shape index (κ1) is 25.5. The van der Waals surface area contributed by atoms with Crippen LogP contribution in [0.2, 0.25) is 5.02 Å². The second-order valence-corrected chi connectivity index (χ2v) is 12.2. The molecule has 2 heterocycles. The lowest BCUT2D eigenvalue weighted by atomic mass is 10.0. The van der Waals surface area contributed by atoms with Gasteiger partial charge < -0.3 is 10.2 Å². The van der Waals surface area contributed by atoms with Crippen molar-refractivity contribution >= 4 is 33.3 Å². The van der Waals surface area contributed by atoms with Crippen LogP contribution in [0, 0.1) is 16.7 Å². The number of nitriles is 1. The average molecular weight is 557 g/mol. The highest BCUT2D eigenvalue weighted by Crippen LogP contribution is 2.59. The zero-order chi connectivity index (χ0) is 26.8. The molecule has 196 valence electrons. The van der Waals surface area contributed by atoms with E-state index in [1.165, 1.54) is 35.5 Å². The second kappa shape index (κ2) is 8.42. The summed E-state index contributed by atoms with van der Waals surface area (Å²) in [6.07, 6.45) is -2.77. The lowest BCUT2D eigenvalue weighted by molar-refractivity contribution is -0.199. The Morgan fingerprint density at radius 2 is 1.92 bits per heavy atom. The third-order valence-corrected chi connectivity index (χ3v) is 9.81. The van der Waals surface area contributed by atoms with Crippen molar-refractivity contribution in [2.24, 2.45) is 5.41 Å². The molecule has 1 aromatic heterocycles. The Morgan fingerprint density at radius 1 is 1.22 bits per heavy atom. The van der Waals surface area contributed by atoms with Crippen molar-refractivity contribution in [1.29, 1.82) is 5.26 Å². The van der Waals surface area contributed by atoms with Crippen LogP contribution in [-0.4, -0.2) is 69.4 Å². The predicted octanol–water partition coefficient (Wildman–Crippen LogP) is 2.18. The number of sulfone groups is 1. The minimum Gasteiger partial charge on any atom is -0.336 e. The summed E-state index contributed by atoms with van der Waals surface area (Å²) in [4.78, 5) is 30.4. The quantitative estimate of drug-likeness (QED) is 0.575. The number of hydrogen-bond donors (Lipinski definition) is 1. The van der Waals surface area contributed by atoms with Crippen LogP contribution in [0.25, 0.3) is 5.69 Å². The number of likely N-dealkylation sites (tertiary alicyclic amines) is 1. The van der Waals surface area contributed by atoms with Gasteiger partial charge in [-0.1, -0.05) is 11.6 Å². The zero-order valence-corrected chi connectivity index (χ0v) is 20.6. The van der Waals surface area contributed by atoms with Gasteiger partial charge in [-0.05, 0) is 50.3 Å². The van der Waals surface area contributed by atoms with Crippen molar-refractivity contribution in [1.82, 2.24) is 25.0 Å². The fourth-order valence-electron chi connectivity index (χ4n) is 4.61. The van der Waals surface area contributed by atoms with Crippen molar-refractivity contribution in [2.45, 2.75) is 60.0 Å². The van der Waals surface area contributed by atoms with Gasteiger partial charge in [0.2, 0.25) is 11.8 Å². The van der Waals surface area contributed by atoms with Gasteiger partial charge in [-0.25, -0.2) is 18.1 Å². The highest BCUT2D eigenvalue weighted by molar-refractivity contribution is 7.92. The molecule has 15 heteroatoms. The van der Waals surface area contributed by atoms with Crippen LogP contribution in [0.3, 0.4) is 0 Å². The first-order valence-corrected chi connectivity index (χ1v) is 13.3. The summed E-state index contributed by atoms with van der Waals surface area (Å²) in [5.74, 6) is -2.18. The van der Waals surface area contributed by atoms with Gasteiger partial charge in [-0.3, -0.25) is 9.59 Å². The molecule has 1 N–H and O–H groups in total. The number of rotatable bonds is 6. The largest absolute Gasteiger partial charge is 0.403 e. The third-order valence-electron chi connectivity index (χ3n) is 7.20. The molecule has 1 aliphatic heterocycles. The molecule has 10 nitrogen and oxygen atoms in total. The number of nitrogens with zero attached hydrogens (tertiary/aromatic N) is 5. The predicted molar refractivity (Wildman–Crippen MR) is 121 cm³/mol. The standard InChI is InChI=1S/C22H20ClF3N6O4S/c23-15-7-13(32-12-28-11-29-32)1-2-17(15)37(35,36)14-8-16(18(33)30-20(10-27)3-4-20)31(9-14)19(34)21(5-6-21)22(24,25)26/h1-2,7,11-12,14,16H,3-6,8-9H2,(H,30,33)/t14-,16+/m1/s1. The van der Waals surface area contributed by atoms with Crippen molar-refractivity contribution in [2.75, 3.05) is 6.54 Å². The molecule has 0 unspecified atom stereocenters. The summed E-state index contributed by atoms with van der Waals surface area (Å²) in [5.41, 5.74) is -3.35. The molecule has 0 spiro atoms. The van der Waals surface area contributed by atoms with E-state index in [-0.39, 0.29) is 9.92 Å². The molecule has 3 fully saturated rings. The van der Waals surface area contributed by atoms with Crippen LogP contribution in [0.5, 0.6) is 0 Å². The number of alkyl halides is 3. The summed E-state index contributed by atoms with van der Waals surface area (Å²) < 4.78 is 69.6. The fraction of sp³-hybridized carbons (Fsp3) is 0.500. The van der Waals surface area contributed by atoms with E-state index in [4.69, 9.17) is 11.6 Å². The van der Waals surface area contributed by atoms with Crippen LogP contribution in [0.15, 0.2) is 35.7 Å². The minimum absolute atomic E-state index is 0.158. The summed E-state index contributed by atoms with van der Waals surface area (Å²) in [7, 11) is -4.28. The SMILES string of the molecule is N#CC1(NC(=O)[C@@H]2C[C@@H](S(=O)(=O)c3ccc(-n4cncn4)cc3Cl)CN2C(=O)C2(C(F)(F)F)CC2)CC1. The Morgan fingerprint density at radius 3 is 2.43 bits per heavy atom. The van der Waals surface area contributed by atoms with E-state index in [0.29, 0.717) is 23.4 Å². The number of nitrogens with one attached hydrogen (secondary N) is 1. The number of halogens is 4. The Balaban J connectivity index is 1.46. The first-order chi connectivity index (χ1) is 17.3. The van der Waals surface area contributed by atoms with Gasteiger partial charge in [0.05, 0.1) is 26.9 Å². The molecular formula is C22H20ClF3N6O4S. The monoisotopic (exact) mass is 556 g/mol. The Kier molecular flexibility index (Phi) is 5.80. The molecule has 1 saturated heterocycles. The van der Waals surface area contributed by atoms with Crippen molar-refractivity contribution < 1.29 is 31.2 Å². The summed E-state index contributed by atoms with van der Waals surface area (Å²) in [5, 5.41) is 14.2. The second-order valence-electron chi connectivity index (χ2n) is 9.59. The zero-order valence-electron chi connectivity index (χ0n) is 19.1. The lowest BCUT2D eigenvalue weighted by Gasteiger charge is -2.29. The van der Waals surface area contributed by atoms with Gasteiger partial charge in [-0.15, -0.1) is 0 Å². The minimum atomic E-state index is -4.84. The molecule has 37 heavy (non-hydrogen) atoms. The van der Waals surface area contributed by atoms with E-state index in [1.54, 1.807) is 0 Å². The highest BCUT2D eigenvalue weighted by atomic mass is 35.5. The molecule has 2 atom stereocenters. The normalized spacial score (nSPS) is 23.8. The molecular weight excluding hydrogens is 537 g/mol.